The Morgan fingerprint density at radius 2 is 1.76 bits per heavy atom. The molecule has 4 rings (SSSR count). The third-order valence-electron chi connectivity index (χ3n) is 4.24. The molecule has 3 heterocycles. The lowest BCUT2D eigenvalue weighted by molar-refractivity contribution is 0.582. The second-order valence-corrected chi connectivity index (χ2v) is 10.6. The van der Waals surface area contributed by atoms with Crippen LogP contribution in [-0.4, -0.2) is 25.2 Å². The van der Waals surface area contributed by atoms with Gasteiger partial charge in [0.1, 0.15) is 10.6 Å². The molecule has 3 aromatic heterocycles. The Balaban J connectivity index is 1.59. The second-order valence-electron chi connectivity index (χ2n) is 6.10. The number of aromatic nitrogens is 2. The van der Waals surface area contributed by atoms with E-state index in [4.69, 9.17) is 23.2 Å². The summed E-state index contributed by atoms with van der Waals surface area (Å²) >= 11 is 15.1. The predicted molar refractivity (Wildman–Crippen MR) is 121 cm³/mol. The van der Waals surface area contributed by atoms with Crippen molar-refractivity contribution in [1.82, 2.24) is 14.9 Å². The van der Waals surface area contributed by atoms with Crippen LogP contribution in [0, 0.1) is 0 Å². The molecule has 10 heteroatoms. The van der Waals surface area contributed by atoms with Gasteiger partial charge in [0.05, 0.1) is 20.5 Å². The van der Waals surface area contributed by atoms with Crippen molar-refractivity contribution in [1.29, 1.82) is 0 Å². The highest BCUT2D eigenvalue weighted by Crippen LogP contribution is 2.34. The molecule has 0 atom stereocenters. The number of sulfonamides is 1. The van der Waals surface area contributed by atoms with Gasteiger partial charge in [-0.15, -0.1) is 22.7 Å². The third-order valence-corrected chi connectivity index (χ3v) is 8.18. The number of hydrogen-bond donors (Lipinski definition) is 2. The number of halogens is 2. The number of nitrogens with one attached hydrogen (secondary N) is 2. The minimum absolute atomic E-state index is 0.00715. The van der Waals surface area contributed by atoms with Crippen LogP contribution >= 0.6 is 45.9 Å². The molecule has 0 unspecified atom stereocenters. The summed E-state index contributed by atoms with van der Waals surface area (Å²) in [6, 6.07) is 12.3. The van der Waals surface area contributed by atoms with Gasteiger partial charge >= 0.3 is 0 Å². The molecule has 150 valence electrons. The van der Waals surface area contributed by atoms with E-state index in [-0.39, 0.29) is 16.5 Å². The Hall–Kier alpha value is -1.68. The van der Waals surface area contributed by atoms with Crippen LogP contribution in [0.25, 0.3) is 21.1 Å². The summed E-state index contributed by atoms with van der Waals surface area (Å²) in [7, 11) is -3.76. The van der Waals surface area contributed by atoms with Gasteiger partial charge in [0.25, 0.3) is 0 Å². The zero-order chi connectivity index (χ0) is 20.4. The number of H-pyrrole nitrogens is 1. The van der Waals surface area contributed by atoms with Gasteiger partial charge in [-0.05, 0) is 47.5 Å². The number of nitrogens with zero attached hydrogens (tertiary/aromatic N) is 1. The molecule has 4 aromatic rings. The first kappa shape index (κ1) is 20.6. The largest absolute Gasteiger partial charge is 0.276 e. The SMILES string of the molecule is O=S(=O)(NCCc1c(-c2cccs2)n[nH]c1-c1cccs1)c1ccc(Cl)cc1Cl. The van der Waals surface area contributed by atoms with Gasteiger partial charge in [0.15, 0.2) is 0 Å². The molecule has 0 amide bonds. The summed E-state index contributed by atoms with van der Waals surface area (Å²) < 4.78 is 28.0. The summed E-state index contributed by atoms with van der Waals surface area (Å²) in [6.07, 6.45) is 0.474. The molecule has 0 bridgehead atoms. The van der Waals surface area contributed by atoms with Crippen LogP contribution in [0.2, 0.25) is 10.0 Å². The van der Waals surface area contributed by atoms with Crippen molar-refractivity contribution < 1.29 is 8.42 Å². The minimum atomic E-state index is -3.76. The van der Waals surface area contributed by atoms with Crippen LogP contribution in [-0.2, 0) is 16.4 Å². The van der Waals surface area contributed by atoms with Gasteiger partial charge in [-0.1, -0.05) is 35.3 Å². The number of aromatic amines is 1. The van der Waals surface area contributed by atoms with Gasteiger partial charge in [0.2, 0.25) is 10.0 Å². The van der Waals surface area contributed by atoms with Crippen molar-refractivity contribution in [2.45, 2.75) is 11.3 Å². The summed E-state index contributed by atoms with van der Waals surface area (Å²) in [6.45, 7) is 0.206. The molecule has 1 aromatic carbocycles. The fraction of sp³-hybridized carbons (Fsp3) is 0.105. The fourth-order valence-electron chi connectivity index (χ4n) is 2.93. The molecule has 29 heavy (non-hydrogen) atoms. The predicted octanol–water partition coefficient (Wildman–Crippen LogP) is 5.69. The quantitative estimate of drug-likeness (QED) is 0.354. The van der Waals surface area contributed by atoms with Crippen LogP contribution < -0.4 is 4.72 Å². The Morgan fingerprint density at radius 1 is 1.03 bits per heavy atom. The average molecular weight is 484 g/mol. The molecule has 0 saturated heterocycles. The van der Waals surface area contributed by atoms with Crippen LogP contribution in [0.15, 0.2) is 58.1 Å². The Kier molecular flexibility index (Phi) is 6.10. The molecule has 0 radical (unpaired) electrons. The zero-order valence-corrected chi connectivity index (χ0v) is 18.8. The highest BCUT2D eigenvalue weighted by Gasteiger charge is 2.21. The van der Waals surface area contributed by atoms with Crippen molar-refractivity contribution in [2.75, 3.05) is 6.54 Å². The standard InChI is InChI=1S/C19H15Cl2N3O2S3/c20-12-5-6-17(14(21)11-12)29(25,26)22-8-7-13-18(15-3-1-9-27-15)23-24-19(13)16-4-2-10-28-16/h1-6,9-11,22H,7-8H2,(H,23,24). The second kappa shape index (κ2) is 8.59. The molecule has 2 N–H and O–H groups in total. The van der Waals surface area contributed by atoms with E-state index in [1.165, 1.54) is 18.2 Å². The van der Waals surface area contributed by atoms with Crippen LogP contribution in [0.3, 0.4) is 0 Å². The summed E-state index contributed by atoms with van der Waals surface area (Å²) in [4.78, 5) is 2.09. The maximum absolute atomic E-state index is 12.7. The smallest absolute Gasteiger partial charge is 0.242 e. The normalized spacial score (nSPS) is 11.8. The van der Waals surface area contributed by atoms with Crippen molar-refractivity contribution in [3.05, 3.63) is 68.8 Å². The highest BCUT2D eigenvalue weighted by atomic mass is 35.5. The molecular formula is C19H15Cl2N3O2S3. The first-order chi connectivity index (χ1) is 14.0. The van der Waals surface area contributed by atoms with E-state index in [0.29, 0.717) is 11.4 Å². The van der Waals surface area contributed by atoms with Gasteiger partial charge in [0, 0.05) is 17.1 Å². The minimum Gasteiger partial charge on any atom is -0.276 e. The lowest BCUT2D eigenvalue weighted by Crippen LogP contribution is -2.26. The van der Waals surface area contributed by atoms with Crippen LogP contribution in [0.1, 0.15) is 5.56 Å². The summed E-state index contributed by atoms with van der Waals surface area (Å²) in [5, 5.41) is 12.1. The van der Waals surface area contributed by atoms with Crippen molar-refractivity contribution in [3.8, 4) is 21.1 Å². The van der Waals surface area contributed by atoms with Gasteiger partial charge in [-0.2, -0.15) is 5.10 Å². The number of benzene rings is 1. The maximum Gasteiger partial charge on any atom is 0.242 e. The molecule has 0 aliphatic carbocycles. The van der Waals surface area contributed by atoms with Crippen LogP contribution in [0.5, 0.6) is 0 Å². The molecule has 0 saturated carbocycles. The van der Waals surface area contributed by atoms with Gasteiger partial charge in [-0.25, -0.2) is 13.1 Å². The fourth-order valence-corrected chi connectivity index (χ4v) is 6.22. The maximum atomic E-state index is 12.7. The summed E-state index contributed by atoms with van der Waals surface area (Å²) in [5.41, 5.74) is 2.72. The lowest BCUT2D eigenvalue weighted by atomic mass is 10.1. The van der Waals surface area contributed by atoms with Gasteiger partial charge < -0.3 is 0 Å². The van der Waals surface area contributed by atoms with E-state index in [2.05, 4.69) is 14.9 Å². The van der Waals surface area contributed by atoms with E-state index < -0.39 is 10.0 Å². The first-order valence-electron chi connectivity index (χ1n) is 8.55. The molecular weight excluding hydrogens is 469 g/mol. The molecule has 5 nitrogen and oxygen atoms in total. The number of rotatable bonds is 7. The van der Waals surface area contributed by atoms with E-state index in [0.717, 1.165) is 26.7 Å². The Bertz CT molecular complexity index is 1170. The van der Waals surface area contributed by atoms with E-state index >= 15 is 0 Å². The third kappa shape index (κ3) is 4.42. The monoisotopic (exact) mass is 483 g/mol. The van der Waals surface area contributed by atoms with Crippen molar-refractivity contribution >= 4 is 55.9 Å². The van der Waals surface area contributed by atoms with E-state index in [1.807, 2.05) is 35.0 Å². The van der Waals surface area contributed by atoms with Crippen LogP contribution in [0.4, 0.5) is 0 Å². The molecule has 0 spiro atoms. The van der Waals surface area contributed by atoms with E-state index in [9.17, 15) is 8.42 Å². The molecule has 0 fully saturated rings. The highest BCUT2D eigenvalue weighted by molar-refractivity contribution is 7.89. The first-order valence-corrected chi connectivity index (χ1v) is 12.6. The lowest BCUT2D eigenvalue weighted by Gasteiger charge is -2.09. The molecule has 0 aliphatic heterocycles. The number of hydrogen-bond acceptors (Lipinski definition) is 5. The van der Waals surface area contributed by atoms with Gasteiger partial charge in [-0.3, -0.25) is 5.10 Å². The van der Waals surface area contributed by atoms with Crippen molar-refractivity contribution in [3.63, 3.8) is 0 Å². The molecule has 0 aliphatic rings. The Morgan fingerprint density at radius 3 is 2.41 bits per heavy atom. The summed E-state index contributed by atoms with van der Waals surface area (Å²) in [5.74, 6) is 0. The van der Waals surface area contributed by atoms with E-state index in [1.54, 1.807) is 22.7 Å². The van der Waals surface area contributed by atoms with Crippen molar-refractivity contribution in [2.24, 2.45) is 0 Å². The number of thiophene rings is 2. The topological polar surface area (TPSA) is 74.8 Å². The Labute approximate surface area is 186 Å². The average Bonchev–Trinajstić information content (AvgIpc) is 3.42. The zero-order valence-electron chi connectivity index (χ0n) is 14.9.